The lowest BCUT2D eigenvalue weighted by molar-refractivity contribution is -0.250. The van der Waals surface area contributed by atoms with Crippen molar-refractivity contribution in [3.05, 3.63) is 23.8 Å². The number of aliphatic hydroxyl groups excluding tert-OH is 3. The van der Waals surface area contributed by atoms with Crippen LogP contribution >= 0.6 is 0 Å². The topological polar surface area (TPSA) is 113 Å². The third-order valence-corrected chi connectivity index (χ3v) is 9.22. The van der Waals surface area contributed by atoms with Gasteiger partial charge in [0.2, 0.25) is 0 Å². The first-order chi connectivity index (χ1) is 14.8. The second-order valence-electron chi connectivity index (χ2n) is 11.1. The SMILES string of the molecule is CC1(C)O[C@@H]2C[C@@H]3[C@H]4C[C@@H](O)C5=CC(=O)C=C[C@]5(C)[C@@]4(F)[C@@H](O)C[C@]3(C)[C@]2(C(=O)CO)O1. The molecule has 32 heavy (non-hydrogen) atoms. The van der Waals surface area contributed by atoms with E-state index in [1.165, 1.54) is 18.2 Å². The molecule has 5 rings (SSSR count). The Balaban J connectivity index is 1.66. The lowest BCUT2D eigenvalue weighted by Crippen LogP contribution is -2.71. The van der Waals surface area contributed by atoms with Gasteiger partial charge in [0.25, 0.3) is 0 Å². The molecule has 1 heterocycles. The number of rotatable bonds is 2. The van der Waals surface area contributed by atoms with Crippen LogP contribution in [0.5, 0.6) is 0 Å². The number of hydrogen-bond donors (Lipinski definition) is 3. The van der Waals surface area contributed by atoms with Crippen LogP contribution in [0.15, 0.2) is 23.8 Å². The van der Waals surface area contributed by atoms with Crippen LogP contribution in [0.4, 0.5) is 4.39 Å². The monoisotopic (exact) mass is 450 g/mol. The van der Waals surface area contributed by atoms with Gasteiger partial charge in [0.1, 0.15) is 6.61 Å². The maximum Gasteiger partial charge on any atom is 0.193 e. The first kappa shape index (κ1) is 22.3. The van der Waals surface area contributed by atoms with E-state index in [1.807, 2.05) is 0 Å². The molecule has 0 aromatic rings. The predicted octanol–water partition coefficient (Wildman–Crippen LogP) is 1.39. The fourth-order valence-corrected chi connectivity index (χ4v) is 7.96. The van der Waals surface area contributed by atoms with Crippen molar-refractivity contribution < 1.29 is 38.8 Å². The molecule has 3 N–H and O–H groups in total. The number of Topliss-reactive ketones (excluding diaryl/α,β-unsaturated/α-hetero) is 1. The molecule has 176 valence electrons. The Hall–Kier alpha value is -1.45. The third kappa shape index (κ3) is 2.32. The quantitative estimate of drug-likeness (QED) is 0.583. The van der Waals surface area contributed by atoms with Gasteiger partial charge in [-0.15, -0.1) is 0 Å². The summed E-state index contributed by atoms with van der Waals surface area (Å²) in [5.41, 5.74) is -5.78. The van der Waals surface area contributed by atoms with Crippen LogP contribution in [0.3, 0.4) is 0 Å². The normalized spacial score (nSPS) is 53.2. The number of halogens is 1. The van der Waals surface area contributed by atoms with Crippen LogP contribution in [0.1, 0.15) is 47.0 Å². The molecule has 0 radical (unpaired) electrons. The van der Waals surface area contributed by atoms with E-state index in [4.69, 9.17) is 9.47 Å². The molecule has 5 aliphatic rings. The van der Waals surface area contributed by atoms with Gasteiger partial charge in [-0.05, 0) is 63.7 Å². The number of aliphatic hydroxyl groups is 3. The summed E-state index contributed by atoms with van der Waals surface area (Å²) in [4.78, 5) is 25.1. The van der Waals surface area contributed by atoms with E-state index in [-0.39, 0.29) is 24.2 Å². The van der Waals surface area contributed by atoms with Gasteiger partial charge in [0.05, 0.1) is 18.3 Å². The molecule has 0 aromatic heterocycles. The van der Waals surface area contributed by atoms with Gasteiger partial charge in [0, 0.05) is 16.7 Å². The third-order valence-electron chi connectivity index (χ3n) is 9.22. The fraction of sp³-hybridized carbons (Fsp3) is 0.750. The fourth-order valence-electron chi connectivity index (χ4n) is 7.96. The molecule has 7 nitrogen and oxygen atoms in total. The number of fused-ring (bicyclic) bond motifs is 7. The Morgan fingerprint density at radius 1 is 1.19 bits per heavy atom. The molecular formula is C24H31FO7. The molecule has 0 aromatic carbocycles. The Morgan fingerprint density at radius 3 is 2.53 bits per heavy atom. The minimum atomic E-state index is -2.16. The summed E-state index contributed by atoms with van der Waals surface area (Å²) in [6, 6.07) is 0. The molecule has 0 unspecified atom stereocenters. The van der Waals surface area contributed by atoms with Crippen molar-refractivity contribution in [2.24, 2.45) is 22.7 Å². The first-order valence-electron chi connectivity index (χ1n) is 11.3. The molecule has 9 atom stereocenters. The molecule has 8 heteroatoms. The number of ketones is 2. The van der Waals surface area contributed by atoms with Crippen molar-refractivity contribution >= 4 is 11.6 Å². The van der Waals surface area contributed by atoms with Crippen LogP contribution in [0.25, 0.3) is 0 Å². The molecule has 4 fully saturated rings. The summed E-state index contributed by atoms with van der Waals surface area (Å²) in [6.07, 6.45) is 1.02. The van der Waals surface area contributed by atoms with E-state index in [0.717, 1.165) is 0 Å². The first-order valence-corrected chi connectivity index (χ1v) is 11.3. The molecule has 0 spiro atoms. The van der Waals surface area contributed by atoms with Crippen LogP contribution < -0.4 is 0 Å². The number of allylic oxidation sites excluding steroid dienone is 3. The van der Waals surface area contributed by atoms with Gasteiger partial charge in [-0.25, -0.2) is 4.39 Å². The van der Waals surface area contributed by atoms with Gasteiger partial charge in [-0.2, -0.15) is 0 Å². The van der Waals surface area contributed by atoms with Crippen LogP contribution in [0.2, 0.25) is 0 Å². The van der Waals surface area contributed by atoms with E-state index in [9.17, 15) is 24.9 Å². The van der Waals surface area contributed by atoms with E-state index in [1.54, 1.807) is 27.7 Å². The molecule has 1 aliphatic heterocycles. The molecule has 3 saturated carbocycles. The average molecular weight is 451 g/mol. The van der Waals surface area contributed by atoms with Crippen LogP contribution in [0, 0.1) is 22.7 Å². The zero-order valence-electron chi connectivity index (χ0n) is 18.8. The van der Waals surface area contributed by atoms with Gasteiger partial charge < -0.3 is 24.8 Å². The smallest absolute Gasteiger partial charge is 0.193 e. The molecular weight excluding hydrogens is 419 g/mol. The Labute approximate surface area is 186 Å². The number of hydrogen-bond acceptors (Lipinski definition) is 7. The van der Waals surface area contributed by atoms with Crippen molar-refractivity contribution in [3.63, 3.8) is 0 Å². The number of carbonyl (C=O) groups excluding carboxylic acids is 2. The zero-order valence-corrected chi connectivity index (χ0v) is 18.8. The van der Waals surface area contributed by atoms with Crippen molar-refractivity contribution in [2.45, 2.75) is 82.3 Å². The summed E-state index contributed by atoms with van der Waals surface area (Å²) >= 11 is 0. The summed E-state index contributed by atoms with van der Waals surface area (Å²) in [5.74, 6) is -3.19. The highest BCUT2D eigenvalue weighted by Crippen LogP contribution is 2.72. The second kappa shape index (κ2) is 6.36. The molecule has 0 bridgehead atoms. The second-order valence-corrected chi connectivity index (χ2v) is 11.1. The van der Waals surface area contributed by atoms with Crippen molar-refractivity contribution in [3.8, 4) is 0 Å². The summed E-state index contributed by atoms with van der Waals surface area (Å²) < 4.78 is 29.5. The number of carbonyl (C=O) groups is 2. The predicted molar refractivity (Wildman–Crippen MR) is 110 cm³/mol. The number of alkyl halides is 1. The molecule has 4 aliphatic carbocycles. The van der Waals surface area contributed by atoms with Crippen LogP contribution in [-0.4, -0.2) is 68.9 Å². The number of ether oxygens (including phenoxy) is 2. The highest BCUT2D eigenvalue weighted by molar-refractivity contribution is 6.01. The molecule has 1 saturated heterocycles. The van der Waals surface area contributed by atoms with Gasteiger partial charge in [0.15, 0.2) is 28.6 Å². The zero-order chi connectivity index (χ0) is 23.5. The maximum atomic E-state index is 17.2. The minimum Gasteiger partial charge on any atom is -0.390 e. The van der Waals surface area contributed by atoms with Gasteiger partial charge in [-0.1, -0.05) is 13.0 Å². The van der Waals surface area contributed by atoms with Crippen molar-refractivity contribution in [1.29, 1.82) is 0 Å². The highest BCUT2D eigenvalue weighted by Gasteiger charge is 2.80. The van der Waals surface area contributed by atoms with E-state index >= 15 is 4.39 Å². The lowest BCUT2D eigenvalue weighted by atomic mass is 9.44. The van der Waals surface area contributed by atoms with Crippen molar-refractivity contribution in [2.75, 3.05) is 6.61 Å². The summed E-state index contributed by atoms with van der Waals surface area (Å²) in [5, 5.41) is 32.2. The van der Waals surface area contributed by atoms with E-state index in [0.29, 0.717) is 6.42 Å². The maximum absolute atomic E-state index is 17.2. The summed E-state index contributed by atoms with van der Waals surface area (Å²) in [6.45, 7) is 6.06. The Kier molecular flexibility index (Phi) is 4.44. The average Bonchev–Trinajstić information content (AvgIpc) is 3.11. The Bertz CT molecular complexity index is 958. The summed E-state index contributed by atoms with van der Waals surface area (Å²) in [7, 11) is 0. The highest BCUT2D eigenvalue weighted by atomic mass is 19.1. The van der Waals surface area contributed by atoms with Gasteiger partial charge in [-0.3, -0.25) is 9.59 Å². The lowest BCUT2D eigenvalue weighted by Gasteiger charge is -2.63. The molecule has 0 amide bonds. The Morgan fingerprint density at radius 2 is 1.88 bits per heavy atom. The van der Waals surface area contributed by atoms with E-state index < -0.39 is 70.4 Å². The standard InChI is InChI=1S/C24H31FO7/c1-20(2)31-19-9-13-14-8-16(28)15-7-12(27)5-6-21(15,3)23(14,25)17(29)10-22(13,4)24(19,32-20)18(30)11-26/h5-7,13-14,16-17,19,26,28-29H,8-11H2,1-4H3/t13-,14-,16-,17+,19-,21+,22+,23+,24-/m1/s1. The minimum absolute atomic E-state index is 0.00979. The van der Waals surface area contributed by atoms with E-state index in [2.05, 4.69) is 0 Å². The largest absolute Gasteiger partial charge is 0.390 e. The van der Waals surface area contributed by atoms with Gasteiger partial charge >= 0.3 is 0 Å². The van der Waals surface area contributed by atoms with Crippen LogP contribution in [-0.2, 0) is 19.1 Å². The van der Waals surface area contributed by atoms with Crippen molar-refractivity contribution in [1.82, 2.24) is 0 Å².